The Hall–Kier alpha value is -1.81. The number of carboxylic acid groups (broad SMARTS) is 1. The van der Waals surface area contributed by atoms with Crippen molar-refractivity contribution in [3.05, 3.63) is 35.9 Å². The van der Waals surface area contributed by atoms with Crippen molar-refractivity contribution in [2.45, 2.75) is 13.8 Å². The molecule has 1 aromatic carbocycles. The summed E-state index contributed by atoms with van der Waals surface area (Å²) < 4.78 is 5.72. The zero-order valence-electron chi connectivity index (χ0n) is 11.5. The van der Waals surface area contributed by atoms with Gasteiger partial charge in [0.25, 0.3) is 0 Å². The van der Waals surface area contributed by atoms with Crippen LogP contribution in [0.15, 0.2) is 30.3 Å². The fourth-order valence-corrected chi connectivity index (χ4v) is 1.74. The molecule has 1 rings (SSSR count). The zero-order chi connectivity index (χ0) is 14.1. The number of benzene rings is 1. The van der Waals surface area contributed by atoms with Crippen molar-refractivity contribution in [3.63, 3.8) is 0 Å². The summed E-state index contributed by atoms with van der Waals surface area (Å²) in [6.45, 7) is 7.70. The maximum atomic E-state index is 10.5. The fraction of sp³-hybridized carbons (Fsp3) is 0.400. The highest BCUT2D eigenvalue weighted by atomic mass is 16.5. The minimum Gasteiger partial charge on any atom is -0.492 e. The van der Waals surface area contributed by atoms with Crippen molar-refractivity contribution in [3.8, 4) is 5.75 Å². The van der Waals surface area contributed by atoms with E-state index in [0.29, 0.717) is 12.4 Å². The Labute approximate surface area is 114 Å². The van der Waals surface area contributed by atoms with E-state index in [9.17, 15) is 4.79 Å². The highest BCUT2D eigenvalue weighted by molar-refractivity contribution is 5.85. The van der Waals surface area contributed by atoms with Gasteiger partial charge < -0.3 is 14.7 Å². The molecule has 0 aliphatic carbocycles. The van der Waals surface area contributed by atoms with Gasteiger partial charge in [-0.2, -0.15) is 0 Å². The third kappa shape index (κ3) is 5.57. The van der Waals surface area contributed by atoms with Gasteiger partial charge in [0.2, 0.25) is 0 Å². The molecule has 4 nitrogen and oxygen atoms in total. The Morgan fingerprint density at radius 2 is 2.00 bits per heavy atom. The number of para-hydroxylation sites is 1. The molecular weight excluding hydrogens is 242 g/mol. The monoisotopic (exact) mass is 263 g/mol. The van der Waals surface area contributed by atoms with E-state index in [-0.39, 0.29) is 0 Å². The Morgan fingerprint density at radius 1 is 1.32 bits per heavy atom. The van der Waals surface area contributed by atoms with Crippen LogP contribution in [0.5, 0.6) is 5.75 Å². The molecule has 1 N–H and O–H groups in total. The van der Waals surface area contributed by atoms with E-state index in [1.807, 2.05) is 24.3 Å². The molecule has 0 saturated heterocycles. The van der Waals surface area contributed by atoms with E-state index in [4.69, 9.17) is 9.84 Å². The molecular formula is C15H21NO3. The molecule has 0 aromatic heterocycles. The highest BCUT2D eigenvalue weighted by Crippen LogP contribution is 2.19. The minimum atomic E-state index is -0.960. The number of hydrogen-bond acceptors (Lipinski definition) is 3. The average Bonchev–Trinajstić information content (AvgIpc) is 2.42. The predicted octanol–water partition coefficient (Wildman–Crippen LogP) is 2.50. The van der Waals surface area contributed by atoms with Crippen LogP contribution in [-0.2, 0) is 4.79 Å². The lowest BCUT2D eigenvalue weighted by atomic mass is 10.2. The van der Waals surface area contributed by atoms with Gasteiger partial charge in [-0.25, -0.2) is 4.79 Å². The minimum absolute atomic E-state index is 0.597. The summed E-state index contributed by atoms with van der Waals surface area (Å²) in [5.74, 6) is -0.245. The second-order valence-electron chi connectivity index (χ2n) is 4.08. The first-order valence-electron chi connectivity index (χ1n) is 6.52. The number of nitrogens with zero attached hydrogens (tertiary/aromatic N) is 1. The summed E-state index contributed by atoms with van der Waals surface area (Å²) in [4.78, 5) is 12.8. The molecule has 104 valence electrons. The molecule has 0 unspecified atom stereocenters. The van der Waals surface area contributed by atoms with Gasteiger partial charge in [-0.05, 0) is 25.2 Å². The van der Waals surface area contributed by atoms with Crippen LogP contribution >= 0.6 is 0 Å². The Bertz CT molecular complexity index is 425. The van der Waals surface area contributed by atoms with Crippen molar-refractivity contribution in [2.24, 2.45) is 0 Å². The predicted molar refractivity (Wildman–Crippen MR) is 76.4 cm³/mol. The number of likely N-dealkylation sites (N-methyl/N-ethyl adjacent to an activating group) is 1. The molecule has 0 atom stereocenters. The zero-order valence-corrected chi connectivity index (χ0v) is 11.5. The van der Waals surface area contributed by atoms with Crippen LogP contribution in [-0.4, -0.2) is 42.2 Å². The quantitative estimate of drug-likeness (QED) is 0.732. The van der Waals surface area contributed by atoms with Crippen LogP contribution in [0.25, 0.3) is 6.08 Å². The topological polar surface area (TPSA) is 49.8 Å². The van der Waals surface area contributed by atoms with Crippen LogP contribution in [0.1, 0.15) is 19.4 Å². The Kier molecular flexibility index (Phi) is 6.68. The summed E-state index contributed by atoms with van der Waals surface area (Å²) in [6.07, 6.45) is 2.67. The van der Waals surface area contributed by atoms with E-state index in [0.717, 1.165) is 31.3 Å². The van der Waals surface area contributed by atoms with Gasteiger partial charge in [0.05, 0.1) is 0 Å². The maximum Gasteiger partial charge on any atom is 0.328 e. The van der Waals surface area contributed by atoms with Crippen LogP contribution < -0.4 is 4.74 Å². The van der Waals surface area contributed by atoms with Gasteiger partial charge in [0.1, 0.15) is 12.4 Å². The van der Waals surface area contributed by atoms with Gasteiger partial charge in [0.15, 0.2) is 0 Å². The van der Waals surface area contributed by atoms with Gasteiger partial charge in [-0.3, -0.25) is 0 Å². The Morgan fingerprint density at radius 3 is 2.63 bits per heavy atom. The Balaban J connectivity index is 2.60. The maximum absolute atomic E-state index is 10.5. The lowest BCUT2D eigenvalue weighted by molar-refractivity contribution is -0.131. The SMILES string of the molecule is CCN(CC)CCOc1ccccc1C=CC(=O)O. The molecule has 4 heteroatoms. The van der Waals surface area contributed by atoms with Crippen LogP contribution in [0, 0.1) is 0 Å². The second kappa shape index (κ2) is 8.32. The average molecular weight is 263 g/mol. The number of aliphatic carboxylic acids is 1. The van der Waals surface area contributed by atoms with E-state index >= 15 is 0 Å². The van der Waals surface area contributed by atoms with Crippen LogP contribution in [0.2, 0.25) is 0 Å². The third-order valence-electron chi connectivity index (χ3n) is 2.88. The molecule has 19 heavy (non-hydrogen) atoms. The fourth-order valence-electron chi connectivity index (χ4n) is 1.74. The first-order valence-corrected chi connectivity index (χ1v) is 6.52. The van der Waals surface area contributed by atoms with E-state index in [1.165, 1.54) is 0 Å². The van der Waals surface area contributed by atoms with Gasteiger partial charge >= 0.3 is 5.97 Å². The van der Waals surface area contributed by atoms with Crippen molar-refractivity contribution >= 4 is 12.0 Å². The molecule has 0 bridgehead atoms. The van der Waals surface area contributed by atoms with E-state index in [1.54, 1.807) is 6.08 Å². The number of ether oxygens (including phenoxy) is 1. The lowest BCUT2D eigenvalue weighted by Crippen LogP contribution is -2.27. The van der Waals surface area contributed by atoms with Gasteiger partial charge in [-0.15, -0.1) is 0 Å². The second-order valence-corrected chi connectivity index (χ2v) is 4.08. The summed E-state index contributed by atoms with van der Waals surface area (Å²) in [5.41, 5.74) is 0.782. The first-order chi connectivity index (χ1) is 9.17. The van der Waals surface area contributed by atoms with E-state index < -0.39 is 5.97 Å². The van der Waals surface area contributed by atoms with E-state index in [2.05, 4.69) is 18.7 Å². The molecule has 0 saturated carbocycles. The molecule has 0 aliphatic heterocycles. The summed E-state index contributed by atoms with van der Waals surface area (Å²) in [6, 6.07) is 7.43. The highest BCUT2D eigenvalue weighted by Gasteiger charge is 2.02. The molecule has 0 heterocycles. The van der Waals surface area contributed by atoms with Crippen LogP contribution in [0.3, 0.4) is 0 Å². The van der Waals surface area contributed by atoms with Crippen molar-refractivity contribution in [1.82, 2.24) is 4.90 Å². The van der Waals surface area contributed by atoms with Gasteiger partial charge in [-0.1, -0.05) is 32.0 Å². The summed E-state index contributed by atoms with van der Waals surface area (Å²) in [7, 11) is 0. The normalized spacial score (nSPS) is 11.1. The van der Waals surface area contributed by atoms with Gasteiger partial charge in [0, 0.05) is 18.2 Å². The van der Waals surface area contributed by atoms with Crippen LogP contribution in [0.4, 0.5) is 0 Å². The van der Waals surface area contributed by atoms with Crippen molar-refractivity contribution < 1.29 is 14.6 Å². The first kappa shape index (κ1) is 15.2. The van der Waals surface area contributed by atoms with Crippen molar-refractivity contribution in [1.29, 1.82) is 0 Å². The molecule has 0 fully saturated rings. The summed E-state index contributed by atoms with van der Waals surface area (Å²) >= 11 is 0. The molecule has 0 radical (unpaired) electrons. The standard InChI is InChI=1S/C15H21NO3/c1-3-16(4-2)11-12-19-14-8-6-5-7-13(14)9-10-15(17)18/h5-10H,3-4,11-12H2,1-2H3,(H,17,18). The molecule has 0 amide bonds. The molecule has 1 aromatic rings. The molecule has 0 spiro atoms. The lowest BCUT2D eigenvalue weighted by Gasteiger charge is -2.18. The summed E-state index contributed by atoms with van der Waals surface area (Å²) in [5, 5.41) is 8.64. The number of rotatable bonds is 8. The number of hydrogen-bond donors (Lipinski definition) is 1. The third-order valence-corrected chi connectivity index (χ3v) is 2.88. The number of carboxylic acids is 1. The smallest absolute Gasteiger partial charge is 0.328 e. The largest absolute Gasteiger partial charge is 0.492 e. The molecule has 0 aliphatic rings. The number of carbonyl (C=O) groups is 1. The van der Waals surface area contributed by atoms with Crippen molar-refractivity contribution in [2.75, 3.05) is 26.2 Å².